The van der Waals surface area contributed by atoms with Crippen molar-refractivity contribution >= 4 is 17.9 Å². The third-order valence-electron chi connectivity index (χ3n) is 3.63. The first-order valence-corrected chi connectivity index (χ1v) is 7.68. The summed E-state index contributed by atoms with van der Waals surface area (Å²) in [4.78, 5) is 16.2. The summed E-state index contributed by atoms with van der Waals surface area (Å²) in [6, 6.07) is 11.7. The second-order valence-corrected chi connectivity index (χ2v) is 5.49. The predicted octanol–water partition coefficient (Wildman–Crippen LogP) is 3.95. The second kappa shape index (κ2) is 7.35. The molecule has 0 spiro atoms. The van der Waals surface area contributed by atoms with E-state index in [1.165, 1.54) is 31.4 Å². The summed E-state index contributed by atoms with van der Waals surface area (Å²) >= 11 is 0. The van der Waals surface area contributed by atoms with Gasteiger partial charge in [-0.05, 0) is 42.8 Å². The van der Waals surface area contributed by atoms with Crippen molar-refractivity contribution in [3.8, 4) is 11.5 Å². The van der Waals surface area contributed by atoms with Crippen molar-refractivity contribution in [3.05, 3.63) is 64.9 Å². The number of aliphatic imine (C=N–C) groups is 1. The molecule has 0 atom stereocenters. The van der Waals surface area contributed by atoms with Crippen LogP contribution >= 0.6 is 0 Å². The smallest absolute Gasteiger partial charge is 0.387 e. The molecule has 0 radical (unpaired) electrons. The third-order valence-corrected chi connectivity index (χ3v) is 3.63. The zero-order valence-corrected chi connectivity index (χ0v) is 14.0. The number of hydrogen-bond acceptors (Lipinski definition) is 5. The fourth-order valence-electron chi connectivity index (χ4n) is 2.35. The molecule has 2 aromatic carbocycles. The summed E-state index contributed by atoms with van der Waals surface area (Å²) in [5.74, 6) is -0.352. The Balaban J connectivity index is 1.89. The highest BCUT2D eigenvalue weighted by Gasteiger charge is 2.24. The van der Waals surface area contributed by atoms with Crippen LogP contribution in [0.4, 0.5) is 8.78 Å². The maximum Gasteiger partial charge on any atom is 0.387 e. The van der Waals surface area contributed by atoms with Crippen molar-refractivity contribution < 1.29 is 27.8 Å². The maximum absolute atomic E-state index is 12.4. The number of carbonyl (C=O) groups is 1. The van der Waals surface area contributed by atoms with Gasteiger partial charge in [0.05, 0.1) is 7.11 Å². The third kappa shape index (κ3) is 3.88. The van der Waals surface area contributed by atoms with Crippen LogP contribution in [-0.4, -0.2) is 25.6 Å². The molecule has 0 aromatic heterocycles. The molecule has 0 saturated heterocycles. The van der Waals surface area contributed by atoms with Gasteiger partial charge in [-0.1, -0.05) is 23.8 Å². The van der Waals surface area contributed by atoms with E-state index in [1.54, 1.807) is 0 Å². The van der Waals surface area contributed by atoms with Gasteiger partial charge in [-0.2, -0.15) is 8.78 Å². The molecule has 0 amide bonds. The summed E-state index contributed by atoms with van der Waals surface area (Å²) in [7, 11) is 1.34. The average molecular weight is 359 g/mol. The van der Waals surface area contributed by atoms with Gasteiger partial charge in [0.15, 0.2) is 17.2 Å². The van der Waals surface area contributed by atoms with Gasteiger partial charge >= 0.3 is 12.6 Å². The lowest BCUT2D eigenvalue weighted by Crippen LogP contribution is -2.05. The lowest BCUT2D eigenvalue weighted by molar-refractivity contribution is -0.129. The van der Waals surface area contributed by atoms with Crippen LogP contribution in [0.25, 0.3) is 6.08 Å². The molecule has 0 aliphatic carbocycles. The van der Waals surface area contributed by atoms with E-state index in [1.807, 2.05) is 31.2 Å². The molecule has 0 bridgehead atoms. The van der Waals surface area contributed by atoms with Crippen molar-refractivity contribution in [2.75, 3.05) is 7.11 Å². The summed E-state index contributed by atoms with van der Waals surface area (Å²) < 4.78 is 39.4. The first-order valence-electron chi connectivity index (χ1n) is 7.68. The molecule has 1 aliphatic heterocycles. The first-order chi connectivity index (χ1) is 12.5. The van der Waals surface area contributed by atoms with Crippen LogP contribution < -0.4 is 9.47 Å². The molecule has 0 fully saturated rings. The van der Waals surface area contributed by atoms with Gasteiger partial charge < -0.3 is 14.2 Å². The van der Waals surface area contributed by atoms with Gasteiger partial charge in [0, 0.05) is 5.56 Å². The van der Waals surface area contributed by atoms with Crippen LogP contribution in [0.2, 0.25) is 0 Å². The first kappa shape index (κ1) is 17.6. The zero-order valence-electron chi connectivity index (χ0n) is 14.0. The standard InChI is InChI=1S/C19H15F2NO4/c1-11-3-6-13(7-4-11)17-22-14(18(23)26-17)9-12-5-8-15(25-19(20)21)16(10-12)24-2/h3-10,19H,1-2H3. The number of hydrogen-bond donors (Lipinski definition) is 0. The van der Waals surface area contributed by atoms with Crippen LogP contribution in [-0.2, 0) is 9.53 Å². The summed E-state index contributed by atoms with van der Waals surface area (Å²) in [6.07, 6.45) is 1.48. The predicted molar refractivity (Wildman–Crippen MR) is 91.4 cm³/mol. The fraction of sp³-hybridized carbons (Fsp3) is 0.158. The number of aryl methyl sites for hydroxylation is 1. The Labute approximate surface area is 148 Å². The number of nitrogens with zero attached hydrogens (tertiary/aromatic N) is 1. The maximum atomic E-state index is 12.4. The molecule has 26 heavy (non-hydrogen) atoms. The van der Waals surface area contributed by atoms with Crippen molar-refractivity contribution in [2.45, 2.75) is 13.5 Å². The van der Waals surface area contributed by atoms with Crippen molar-refractivity contribution in [1.82, 2.24) is 0 Å². The van der Waals surface area contributed by atoms with Gasteiger partial charge in [0.25, 0.3) is 0 Å². The molecule has 5 nitrogen and oxygen atoms in total. The molecule has 1 heterocycles. The minimum absolute atomic E-state index is 0.0949. The lowest BCUT2D eigenvalue weighted by Gasteiger charge is -2.10. The van der Waals surface area contributed by atoms with E-state index in [0.717, 1.165) is 5.56 Å². The Hall–Kier alpha value is -3.22. The van der Waals surface area contributed by atoms with Crippen LogP contribution in [0, 0.1) is 6.92 Å². The van der Waals surface area contributed by atoms with Crippen molar-refractivity contribution in [3.63, 3.8) is 0 Å². The molecule has 0 saturated carbocycles. The molecular formula is C19H15F2NO4. The number of rotatable bonds is 5. The van der Waals surface area contributed by atoms with E-state index in [0.29, 0.717) is 11.1 Å². The summed E-state index contributed by atoms with van der Waals surface area (Å²) in [5, 5.41) is 0. The highest BCUT2D eigenvalue weighted by Crippen LogP contribution is 2.31. The van der Waals surface area contributed by atoms with Crippen LogP contribution in [0.1, 0.15) is 16.7 Å². The molecule has 7 heteroatoms. The number of carbonyl (C=O) groups excluding carboxylic acids is 1. The Morgan fingerprint density at radius 3 is 2.50 bits per heavy atom. The molecule has 2 aromatic rings. The van der Waals surface area contributed by atoms with Gasteiger partial charge in [0.2, 0.25) is 5.90 Å². The van der Waals surface area contributed by atoms with Crippen LogP contribution in [0.3, 0.4) is 0 Å². The van der Waals surface area contributed by atoms with Gasteiger partial charge in [0.1, 0.15) is 0 Å². The van der Waals surface area contributed by atoms with Crippen LogP contribution in [0.5, 0.6) is 11.5 Å². The minimum Gasteiger partial charge on any atom is -0.493 e. The molecular weight excluding hydrogens is 344 g/mol. The molecule has 1 aliphatic rings. The summed E-state index contributed by atoms with van der Waals surface area (Å²) in [5.41, 5.74) is 2.40. The largest absolute Gasteiger partial charge is 0.493 e. The van der Waals surface area contributed by atoms with Gasteiger partial charge in [-0.25, -0.2) is 9.79 Å². The Bertz CT molecular complexity index is 889. The lowest BCUT2D eigenvalue weighted by atomic mass is 10.1. The van der Waals surface area contributed by atoms with E-state index in [2.05, 4.69) is 9.73 Å². The number of esters is 1. The zero-order chi connectivity index (χ0) is 18.7. The summed E-state index contributed by atoms with van der Waals surface area (Å²) in [6.45, 7) is -1.01. The van der Waals surface area contributed by atoms with Crippen LogP contribution in [0.15, 0.2) is 53.2 Å². The Morgan fingerprint density at radius 1 is 1.12 bits per heavy atom. The minimum atomic E-state index is -2.96. The number of halogens is 2. The van der Waals surface area contributed by atoms with E-state index in [4.69, 9.17) is 9.47 Å². The Morgan fingerprint density at radius 2 is 1.85 bits per heavy atom. The topological polar surface area (TPSA) is 57.1 Å². The normalized spacial score (nSPS) is 15.2. The van der Waals surface area contributed by atoms with E-state index >= 15 is 0 Å². The van der Waals surface area contributed by atoms with Crippen molar-refractivity contribution in [2.24, 2.45) is 4.99 Å². The van der Waals surface area contributed by atoms with E-state index in [-0.39, 0.29) is 23.1 Å². The number of benzene rings is 2. The highest BCUT2D eigenvalue weighted by molar-refractivity contribution is 6.12. The Kier molecular flexibility index (Phi) is 4.97. The fourth-order valence-corrected chi connectivity index (χ4v) is 2.35. The van der Waals surface area contributed by atoms with Gasteiger partial charge in [-0.3, -0.25) is 0 Å². The van der Waals surface area contributed by atoms with Gasteiger partial charge in [-0.15, -0.1) is 0 Å². The highest BCUT2D eigenvalue weighted by atomic mass is 19.3. The molecule has 0 unspecified atom stereocenters. The number of cyclic esters (lactones) is 1. The molecule has 0 N–H and O–H groups in total. The van der Waals surface area contributed by atoms with E-state index in [9.17, 15) is 13.6 Å². The molecule has 3 rings (SSSR count). The monoisotopic (exact) mass is 359 g/mol. The molecule has 134 valence electrons. The second-order valence-electron chi connectivity index (χ2n) is 5.49. The number of ether oxygens (including phenoxy) is 3. The number of methoxy groups -OCH3 is 1. The SMILES string of the molecule is COc1cc(C=C2N=C(c3ccc(C)cc3)OC2=O)ccc1OC(F)F. The quantitative estimate of drug-likeness (QED) is 0.599. The average Bonchev–Trinajstić information content (AvgIpc) is 2.97. The van der Waals surface area contributed by atoms with E-state index < -0.39 is 12.6 Å². The number of alkyl halides is 2. The van der Waals surface area contributed by atoms with Crippen molar-refractivity contribution in [1.29, 1.82) is 0 Å².